The molecule has 4 heteroatoms. The molecule has 0 saturated heterocycles. The Morgan fingerprint density at radius 2 is 1.70 bits per heavy atom. The summed E-state index contributed by atoms with van der Waals surface area (Å²) in [6, 6.07) is 15.9. The highest BCUT2D eigenvalue weighted by molar-refractivity contribution is 5.79. The second-order valence-electron chi connectivity index (χ2n) is 4.75. The molecule has 0 unspecified atom stereocenters. The van der Waals surface area contributed by atoms with Crippen LogP contribution >= 0.6 is 0 Å². The molecule has 4 nitrogen and oxygen atoms in total. The van der Waals surface area contributed by atoms with Crippen LogP contribution in [0.15, 0.2) is 48.5 Å². The highest BCUT2D eigenvalue weighted by atomic mass is 16.7. The highest BCUT2D eigenvalue weighted by Gasteiger charge is 2.14. The Kier molecular flexibility index (Phi) is 3.54. The fourth-order valence-corrected chi connectivity index (χ4v) is 2.31. The number of anilines is 1. The van der Waals surface area contributed by atoms with Gasteiger partial charge in [-0.25, -0.2) is 0 Å². The number of benzene rings is 2. The van der Waals surface area contributed by atoms with Gasteiger partial charge < -0.3 is 10.2 Å². The van der Waals surface area contributed by atoms with E-state index in [1.54, 1.807) is 0 Å². The smallest absolute Gasteiger partial charge is 0.257 e. The number of amides is 1. The van der Waals surface area contributed by atoms with Crippen molar-refractivity contribution in [2.45, 2.75) is 12.8 Å². The quantitative estimate of drug-likeness (QED) is 0.771. The summed E-state index contributed by atoms with van der Waals surface area (Å²) < 4.78 is 0. The molecule has 102 valence electrons. The Labute approximate surface area is 117 Å². The van der Waals surface area contributed by atoms with Gasteiger partial charge in [0.05, 0.1) is 6.42 Å². The molecule has 2 aliphatic heterocycles. The van der Waals surface area contributed by atoms with Gasteiger partial charge in [-0.05, 0) is 24.1 Å². The van der Waals surface area contributed by atoms with Crippen molar-refractivity contribution in [3.8, 4) is 5.75 Å². The van der Waals surface area contributed by atoms with Crippen molar-refractivity contribution in [2.24, 2.45) is 0 Å². The zero-order valence-electron chi connectivity index (χ0n) is 11.1. The molecule has 4 rings (SSSR count). The SMILES string of the molecule is O=C1Cc2ccccc2ON1.c1ccc2c(c1)CCN2. The van der Waals surface area contributed by atoms with Gasteiger partial charge in [0.25, 0.3) is 5.91 Å². The number of hydrogen-bond donors (Lipinski definition) is 2. The highest BCUT2D eigenvalue weighted by Crippen LogP contribution is 2.20. The van der Waals surface area contributed by atoms with Gasteiger partial charge in [0.15, 0.2) is 5.75 Å². The second kappa shape index (κ2) is 5.65. The van der Waals surface area contributed by atoms with Crippen LogP contribution in [0.5, 0.6) is 5.75 Å². The van der Waals surface area contributed by atoms with E-state index in [0.29, 0.717) is 6.42 Å². The van der Waals surface area contributed by atoms with Crippen molar-refractivity contribution < 1.29 is 9.63 Å². The van der Waals surface area contributed by atoms with E-state index in [1.807, 2.05) is 24.3 Å². The largest absolute Gasteiger partial charge is 0.384 e. The molecule has 0 aliphatic carbocycles. The summed E-state index contributed by atoms with van der Waals surface area (Å²) in [7, 11) is 0. The summed E-state index contributed by atoms with van der Waals surface area (Å²) in [5.74, 6) is 0.649. The van der Waals surface area contributed by atoms with E-state index in [2.05, 4.69) is 35.1 Å². The van der Waals surface area contributed by atoms with Gasteiger partial charge in [-0.1, -0.05) is 36.4 Å². The third-order valence-electron chi connectivity index (χ3n) is 3.33. The molecular formula is C16H16N2O2. The maximum Gasteiger partial charge on any atom is 0.257 e. The first kappa shape index (κ1) is 12.5. The molecule has 2 N–H and O–H groups in total. The Bertz CT molecular complexity index is 602. The summed E-state index contributed by atoms with van der Waals surface area (Å²) in [6.07, 6.45) is 1.60. The first-order valence-corrected chi connectivity index (χ1v) is 6.68. The summed E-state index contributed by atoms with van der Waals surface area (Å²) in [6.45, 7) is 1.11. The fraction of sp³-hybridized carbons (Fsp3) is 0.188. The molecule has 2 heterocycles. The standard InChI is InChI=1S/C8H7NO2.C8H9N/c10-8-5-6-3-1-2-4-7(6)11-9-8;1-2-4-8-7(3-1)5-6-9-8/h1-4H,5H2,(H,9,10);1-4,9H,5-6H2. The minimum Gasteiger partial charge on any atom is -0.384 e. The van der Waals surface area contributed by atoms with Crippen molar-refractivity contribution in [3.63, 3.8) is 0 Å². The average Bonchev–Trinajstić information content (AvgIpc) is 2.96. The van der Waals surface area contributed by atoms with Crippen molar-refractivity contribution >= 4 is 11.6 Å². The Balaban J connectivity index is 0.000000123. The summed E-state index contributed by atoms with van der Waals surface area (Å²) in [5.41, 5.74) is 6.01. The molecule has 0 atom stereocenters. The maximum absolute atomic E-state index is 10.8. The number of carbonyl (C=O) groups is 1. The van der Waals surface area contributed by atoms with E-state index in [-0.39, 0.29) is 5.91 Å². The summed E-state index contributed by atoms with van der Waals surface area (Å²) >= 11 is 0. The Morgan fingerprint density at radius 1 is 0.950 bits per heavy atom. The van der Waals surface area contributed by atoms with Crippen molar-refractivity contribution in [2.75, 3.05) is 11.9 Å². The van der Waals surface area contributed by atoms with Crippen molar-refractivity contribution in [3.05, 3.63) is 59.7 Å². The number of hydrogen-bond acceptors (Lipinski definition) is 3. The van der Waals surface area contributed by atoms with Gasteiger partial charge in [-0.15, -0.1) is 0 Å². The predicted molar refractivity (Wildman–Crippen MR) is 77.6 cm³/mol. The topological polar surface area (TPSA) is 50.4 Å². The van der Waals surface area contributed by atoms with Gasteiger partial charge >= 0.3 is 0 Å². The van der Waals surface area contributed by atoms with E-state index in [1.165, 1.54) is 17.7 Å². The van der Waals surface area contributed by atoms with Gasteiger partial charge in [-0.2, -0.15) is 5.48 Å². The number of para-hydroxylation sites is 2. The van der Waals surface area contributed by atoms with Crippen LogP contribution < -0.4 is 15.6 Å². The van der Waals surface area contributed by atoms with Crippen LogP contribution in [0.4, 0.5) is 5.69 Å². The monoisotopic (exact) mass is 268 g/mol. The zero-order chi connectivity index (χ0) is 13.8. The Morgan fingerprint density at radius 3 is 2.55 bits per heavy atom. The predicted octanol–water partition coefficient (Wildman–Crippen LogP) is 2.31. The molecule has 2 aromatic carbocycles. The van der Waals surface area contributed by atoms with Crippen molar-refractivity contribution in [1.82, 2.24) is 5.48 Å². The minimum absolute atomic E-state index is 0.0938. The molecule has 0 spiro atoms. The first-order valence-electron chi connectivity index (χ1n) is 6.68. The number of nitrogens with one attached hydrogen (secondary N) is 2. The van der Waals surface area contributed by atoms with Crippen LogP contribution in [0.1, 0.15) is 11.1 Å². The molecule has 0 saturated carbocycles. The van der Waals surface area contributed by atoms with Crippen molar-refractivity contribution in [1.29, 1.82) is 0 Å². The number of carbonyl (C=O) groups excluding carboxylic acids is 1. The molecule has 1 amide bonds. The lowest BCUT2D eigenvalue weighted by Gasteiger charge is -2.15. The minimum atomic E-state index is -0.0938. The number of fused-ring (bicyclic) bond motifs is 2. The summed E-state index contributed by atoms with van der Waals surface area (Å²) in [5, 5.41) is 3.30. The first-order chi connectivity index (χ1) is 9.83. The normalized spacial score (nSPS) is 14.7. The van der Waals surface area contributed by atoms with Crippen LogP contribution in [0.25, 0.3) is 0 Å². The molecule has 0 fully saturated rings. The molecule has 0 aromatic heterocycles. The molecule has 0 radical (unpaired) electrons. The van der Waals surface area contributed by atoms with Gasteiger partial charge in [0.2, 0.25) is 0 Å². The Hall–Kier alpha value is -2.49. The molecule has 20 heavy (non-hydrogen) atoms. The summed E-state index contributed by atoms with van der Waals surface area (Å²) in [4.78, 5) is 15.7. The van der Waals surface area contributed by atoms with E-state index >= 15 is 0 Å². The number of hydroxylamine groups is 1. The third-order valence-corrected chi connectivity index (χ3v) is 3.33. The molecule has 2 aliphatic rings. The van der Waals surface area contributed by atoms with E-state index in [9.17, 15) is 4.79 Å². The fourth-order valence-electron chi connectivity index (χ4n) is 2.31. The van der Waals surface area contributed by atoms with Crippen LogP contribution in [0.2, 0.25) is 0 Å². The van der Waals surface area contributed by atoms with E-state index < -0.39 is 0 Å². The maximum atomic E-state index is 10.8. The molecule has 2 aromatic rings. The van der Waals surface area contributed by atoms with Crippen LogP contribution in [-0.4, -0.2) is 12.5 Å². The van der Waals surface area contributed by atoms with E-state index in [0.717, 1.165) is 17.9 Å². The van der Waals surface area contributed by atoms with E-state index in [4.69, 9.17) is 4.84 Å². The van der Waals surface area contributed by atoms with Gasteiger partial charge in [0.1, 0.15) is 0 Å². The molecule has 0 bridgehead atoms. The van der Waals surface area contributed by atoms with Gasteiger partial charge in [0, 0.05) is 17.8 Å². The van der Waals surface area contributed by atoms with Gasteiger partial charge in [-0.3, -0.25) is 4.79 Å². The van der Waals surface area contributed by atoms with Crippen LogP contribution in [0, 0.1) is 0 Å². The zero-order valence-corrected chi connectivity index (χ0v) is 11.1. The molecular weight excluding hydrogens is 252 g/mol. The lowest BCUT2D eigenvalue weighted by atomic mass is 10.1. The van der Waals surface area contributed by atoms with Crippen LogP contribution in [-0.2, 0) is 17.6 Å². The average molecular weight is 268 g/mol. The third kappa shape index (κ3) is 2.74. The lowest BCUT2D eigenvalue weighted by Crippen LogP contribution is -2.32. The lowest BCUT2D eigenvalue weighted by molar-refractivity contribution is -0.128. The van der Waals surface area contributed by atoms with Crippen LogP contribution in [0.3, 0.4) is 0 Å². The number of rotatable bonds is 0. The second-order valence-corrected chi connectivity index (χ2v) is 4.75.